The number of ether oxygens (including phenoxy) is 1. The summed E-state index contributed by atoms with van der Waals surface area (Å²) in [7, 11) is 0. The van der Waals surface area contributed by atoms with Gasteiger partial charge in [0.1, 0.15) is 0 Å². The number of amides is 1. The molecule has 1 amide bonds. The van der Waals surface area contributed by atoms with Crippen LogP contribution in [0.25, 0.3) is 0 Å². The summed E-state index contributed by atoms with van der Waals surface area (Å²) in [5.41, 5.74) is 7.01. The Balaban J connectivity index is 1.90. The molecule has 0 aromatic heterocycles. The molecule has 3 N–H and O–H groups in total. The molecule has 2 aromatic carbocycles. The van der Waals surface area contributed by atoms with Crippen molar-refractivity contribution in [2.75, 3.05) is 17.7 Å². The van der Waals surface area contributed by atoms with Gasteiger partial charge in [-0.05, 0) is 36.6 Å². The van der Waals surface area contributed by atoms with E-state index in [0.717, 1.165) is 25.3 Å². The van der Waals surface area contributed by atoms with Gasteiger partial charge in [0.05, 0.1) is 10.5 Å². The van der Waals surface area contributed by atoms with Crippen LogP contribution in [0, 0.1) is 10.1 Å². The van der Waals surface area contributed by atoms with E-state index in [0.29, 0.717) is 5.69 Å². The van der Waals surface area contributed by atoms with Crippen LogP contribution in [0.5, 0.6) is 0 Å². The average Bonchev–Trinajstić information content (AvgIpc) is 2.65. The summed E-state index contributed by atoms with van der Waals surface area (Å²) in [6.07, 6.45) is 3.19. The summed E-state index contributed by atoms with van der Waals surface area (Å²) in [5.74, 6) is -1.42. The van der Waals surface area contributed by atoms with Gasteiger partial charge >= 0.3 is 5.97 Å². The number of benzene rings is 2. The van der Waals surface area contributed by atoms with Gasteiger partial charge in [-0.3, -0.25) is 14.9 Å². The Labute approximate surface area is 156 Å². The van der Waals surface area contributed by atoms with E-state index in [1.54, 1.807) is 12.1 Å². The Morgan fingerprint density at radius 1 is 1.19 bits per heavy atom. The minimum Gasteiger partial charge on any atom is -0.452 e. The van der Waals surface area contributed by atoms with Crippen molar-refractivity contribution in [2.24, 2.45) is 0 Å². The van der Waals surface area contributed by atoms with Gasteiger partial charge in [-0.25, -0.2) is 4.79 Å². The molecular formula is C19H21N3O5. The summed E-state index contributed by atoms with van der Waals surface area (Å²) in [5, 5.41) is 13.4. The number of rotatable bonds is 8. The molecule has 8 heteroatoms. The molecule has 2 aromatic rings. The van der Waals surface area contributed by atoms with Crippen LogP contribution in [-0.4, -0.2) is 23.4 Å². The van der Waals surface area contributed by atoms with Crippen LogP contribution in [0.15, 0.2) is 42.5 Å². The van der Waals surface area contributed by atoms with Crippen molar-refractivity contribution in [3.63, 3.8) is 0 Å². The van der Waals surface area contributed by atoms with E-state index in [2.05, 4.69) is 12.2 Å². The minimum atomic E-state index is -0.902. The predicted molar refractivity (Wildman–Crippen MR) is 101 cm³/mol. The van der Waals surface area contributed by atoms with E-state index < -0.39 is 23.4 Å². The Kier molecular flexibility index (Phi) is 6.87. The normalized spacial score (nSPS) is 10.3. The highest BCUT2D eigenvalue weighted by atomic mass is 16.6. The van der Waals surface area contributed by atoms with Gasteiger partial charge in [0.25, 0.3) is 11.6 Å². The number of nitro benzene ring substituents is 1. The second kappa shape index (κ2) is 9.33. The zero-order valence-corrected chi connectivity index (χ0v) is 14.9. The molecule has 27 heavy (non-hydrogen) atoms. The Morgan fingerprint density at radius 2 is 1.89 bits per heavy atom. The number of carbonyl (C=O) groups is 2. The Bertz CT molecular complexity index is 834. The van der Waals surface area contributed by atoms with Gasteiger partial charge in [0.2, 0.25) is 0 Å². The number of carbonyl (C=O) groups excluding carboxylic acids is 2. The number of hydrogen-bond donors (Lipinski definition) is 2. The molecule has 0 aliphatic rings. The minimum absolute atomic E-state index is 0.0358. The SMILES string of the molecule is CCCCc1ccc(NC(=O)COC(=O)c2cc([N+](=O)[O-])ccc2N)cc1. The number of nitrogens with one attached hydrogen (secondary N) is 1. The van der Waals surface area contributed by atoms with Crippen LogP contribution in [-0.2, 0) is 16.0 Å². The van der Waals surface area contributed by atoms with Gasteiger partial charge in [0, 0.05) is 23.5 Å². The molecule has 142 valence electrons. The molecule has 0 bridgehead atoms. The maximum atomic E-state index is 12.0. The highest BCUT2D eigenvalue weighted by Gasteiger charge is 2.17. The standard InChI is InChI=1S/C19H21N3O5/c1-2-3-4-13-5-7-14(8-6-13)21-18(23)12-27-19(24)16-11-15(22(25)26)9-10-17(16)20/h5-11H,2-4,12,20H2,1H3,(H,21,23). The number of unbranched alkanes of at least 4 members (excludes halogenated alkanes) is 1. The van der Waals surface area contributed by atoms with Gasteiger partial charge in [-0.1, -0.05) is 25.5 Å². The van der Waals surface area contributed by atoms with Gasteiger partial charge < -0.3 is 15.8 Å². The highest BCUT2D eigenvalue weighted by molar-refractivity contribution is 5.98. The number of anilines is 2. The third-order valence-electron chi connectivity index (χ3n) is 3.86. The van der Waals surface area contributed by atoms with Gasteiger partial charge in [-0.2, -0.15) is 0 Å². The van der Waals surface area contributed by atoms with Crippen molar-refractivity contribution < 1.29 is 19.2 Å². The number of aryl methyl sites for hydroxylation is 1. The van der Waals surface area contributed by atoms with Crippen molar-refractivity contribution in [2.45, 2.75) is 26.2 Å². The van der Waals surface area contributed by atoms with E-state index in [9.17, 15) is 19.7 Å². The van der Waals surface area contributed by atoms with Crippen LogP contribution in [0.1, 0.15) is 35.7 Å². The van der Waals surface area contributed by atoms with E-state index >= 15 is 0 Å². The van der Waals surface area contributed by atoms with Crippen molar-refractivity contribution in [1.82, 2.24) is 0 Å². The van der Waals surface area contributed by atoms with Crippen molar-refractivity contribution in [3.8, 4) is 0 Å². The highest BCUT2D eigenvalue weighted by Crippen LogP contribution is 2.20. The summed E-state index contributed by atoms with van der Waals surface area (Å²) in [6, 6.07) is 10.9. The zero-order valence-electron chi connectivity index (χ0n) is 14.9. The molecular weight excluding hydrogens is 350 g/mol. The second-order valence-corrected chi connectivity index (χ2v) is 5.95. The number of nitro groups is 1. The summed E-state index contributed by atoms with van der Waals surface area (Å²) in [6.45, 7) is 1.59. The van der Waals surface area contributed by atoms with E-state index in [1.807, 2.05) is 12.1 Å². The van der Waals surface area contributed by atoms with E-state index in [4.69, 9.17) is 10.5 Å². The molecule has 0 aliphatic carbocycles. The molecule has 0 heterocycles. The van der Waals surface area contributed by atoms with Crippen molar-refractivity contribution in [3.05, 3.63) is 63.7 Å². The van der Waals surface area contributed by atoms with Crippen molar-refractivity contribution >= 4 is 28.9 Å². The lowest BCUT2D eigenvalue weighted by molar-refractivity contribution is -0.384. The Hall–Kier alpha value is -3.42. The van der Waals surface area contributed by atoms with Crippen LogP contribution in [0.4, 0.5) is 17.1 Å². The predicted octanol–water partition coefficient (Wildman–Crippen LogP) is 3.32. The Morgan fingerprint density at radius 3 is 2.52 bits per heavy atom. The maximum Gasteiger partial charge on any atom is 0.341 e. The monoisotopic (exact) mass is 371 g/mol. The largest absolute Gasteiger partial charge is 0.452 e. The molecule has 2 rings (SSSR count). The smallest absolute Gasteiger partial charge is 0.341 e. The first-order valence-corrected chi connectivity index (χ1v) is 8.50. The van der Waals surface area contributed by atoms with Crippen LogP contribution in [0.3, 0.4) is 0 Å². The van der Waals surface area contributed by atoms with Crippen LogP contribution in [0.2, 0.25) is 0 Å². The van der Waals surface area contributed by atoms with Crippen LogP contribution < -0.4 is 11.1 Å². The average molecular weight is 371 g/mol. The van der Waals surface area contributed by atoms with Gasteiger partial charge in [-0.15, -0.1) is 0 Å². The van der Waals surface area contributed by atoms with Gasteiger partial charge in [0.15, 0.2) is 6.61 Å². The third kappa shape index (κ3) is 5.81. The third-order valence-corrected chi connectivity index (χ3v) is 3.86. The molecule has 0 atom stereocenters. The van der Waals surface area contributed by atoms with Crippen LogP contribution >= 0.6 is 0 Å². The molecule has 0 radical (unpaired) electrons. The molecule has 0 unspecified atom stereocenters. The lowest BCUT2D eigenvalue weighted by Gasteiger charge is -2.08. The topological polar surface area (TPSA) is 125 Å². The second-order valence-electron chi connectivity index (χ2n) is 5.95. The fourth-order valence-corrected chi connectivity index (χ4v) is 2.38. The van der Waals surface area contributed by atoms with Crippen molar-refractivity contribution in [1.29, 1.82) is 0 Å². The molecule has 0 fully saturated rings. The summed E-state index contributed by atoms with van der Waals surface area (Å²) >= 11 is 0. The summed E-state index contributed by atoms with van der Waals surface area (Å²) in [4.78, 5) is 34.1. The fourth-order valence-electron chi connectivity index (χ4n) is 2.38. The summed E-state index contributed by atoms with van der Waals surface area (Å²) < 4.78 is 4.90. The molecule has 0 saturated heterocycles. The van der Waals surface area contributed by atoms with E-state index in [-0.39, 0.29) is 16.9 Å². The first kappa shape index (κ1) is 19.9. The molecule has 0 saturated carbocycles. The first-order valence-electron chi connectivity index (χ1n) is 8.50. The number of nitrogens with two attached hydrogens (primary N) is 1. The zero-order chi connectivity index (χ0) is 19.8. The number of esters is 1. The molecule has 0 spiro atoms. The lowest BCUT2D eigenvalue weighted by atomic mass is 10.1. The number of non-ortho nitro benzene ring substituents is 1. The lowest BCUT2D eigenvalue weighted by Crippen LogP contribution is -2.21. The molecule has 8 nitrogen and oxygen atoms in total. The fraction of sp³-hybridized carbons (Fsp3) is 0.263. The maximum absolute atomic E-state index is 12.0. The number of hydrogen-bond acceptors (Lipinski definition) is 6. The molecule has 0 aliphatic heterocycles. The quantitative estimate of drug-likeness (QED) is 0.317. The van der Waals surface area contributed by atoms with E-state index in [1.165, 1.54) is 17.7 Å². The number of nitrogen functional groups attached to an aromatic ring is 1. The first-order chi connectivity index (χ1) is 12.9. The number of nitrogens with zero attached hydrogens (tertiary/aromatic N) is 1.